The first kappa shape index (κ1) is 15.9. The molecule has 0 aromatic heterocycles. The van der Waals surface area contributed by atoms with Crippen molar-refractivity contribution in [2.75, 3.05) is 6.54 Å². The number of hydrogen-bond acceptors (Lipinski definition) is 6. The van der Waals surface area contributed by atoms with Crippen LogP contribution in [-0.4, -0.2) is 46.4 Å². The van der Waals surface area contributed by atoms with E-state index in [0.29, 0.717) is 0 Å². The Morgan fingerprint density at radius 1 is 1.06 bits per heavy atom. The summed E-state index contributed by atoms with van der Waals surface area (Å²) in [6.07, 6.45) is -1.82. The van der Waals surface area contributed by atoms with Gasteiger partial charge in [-0.3, -0.25) is 19.2 Å². The minimum Gasteiger partial charge on any atom is -0.367 e. The summed E-state index contributed by atoms with van der Waals surface area (Å²) in [7, 11) is 0. The Hall–Kier alpha value is -2.06. The van der Waals surface area contributed by atoms with Crippen LogP contribution in [0.15, 0.2) is 11.1 Å². The van der Waals surface area contributed by atoms with Gasteiger partial charge < -0.3 is 21.3 Å². The van der Waals surface area contributed by atoms with Crippen LogP contribution >= 0.6 is 0 Å². The minimum absolute atomic E-state index is 0.556. The van der Waals surface area contributed by atoms with Crippen molar-refractivity contribution in [3.63, 3.8) is 0 Å². The van der Waals surface area contributed by atoms with E-state index in [2.05, 4.69) is 0 Å². The van der Waals surface area contributed by atoms with Gasteiger partial charge in [-0.2, -0.15) is 0 Å². The van der Waals surface area contributed by atoms with E-state index in [4.69, 9.17) is 15.9 Å². The summed E-state index contributed by atoms with van der Waals surface area (Å²) in [5.74, 6) is -3.93. The van der Waals surface area contributed by atoms with Gasteiger partial charge in [0.15, 0.2) is 17.9 Å². The van der Waals surface area contributed by atoms with Crippen LogP contribution < -0.4 is 11.1 Å². The lowest BCUT2D eigenvalue weighted by atomic mass is 10.0. The molecule has 0 radical (unpaired) electrons. The molecule has 8 heteroatoms. The standard InChI is InChI=1S/C10H14N2O6/c1-4(13)7(9(11)17)8(5(2)14)10(18)12-3-6(15)16/h6,15-16H,3H2,1-2H3,(H2,11,17)(H,12,18)/b8-7-. The van der Waals surface area contributed by atoms with Crippen LogP contribution in [0.3, 0.4) is 0 Å². The Kier molecular flexibility index (Phi) is 5.86. The molecule has 0 saturated heterocycles. The van der Waals surface area contributed by atoms with Crippen molar-refractivity contribution in [1.29, 1.82) is 0 Å². The number of carbonyl (C=O) groups is 4. The van der Waals surface area contributed by atoms with E-state index in [1.54, 1.807) is 0 Å². The highest BCUT2D eigenvalue weighted by Crippen LogP contribution is 2.08. The van der Waals surface area contributed by atoms with E-state index in [0.717, 1.165) is 13.8 Å². The van der Waals surface area contributed by atoms with Crippen LogP contribution in [-0.2, 0) is 19.2 Å². The van der Waals surface area contributed by atoms with Gasteiger partial charge in [0.05, 0.1) is 17.7 Å². The van der Waals surface area contributed by atoms with Crippen LogP contribution in [0.4, 0.5) is 0 Å². The number of aliphatic hydroxyl groups excluding tert-OH is 1. The smallest absolute Gasteiger partial charge is 0.256 e. The van der Waals surface area contributed by atoms with E-state index >= 15 is 0 Å². The molecule has 0 bridgehead atoms. The normalized spacial score (nSPS) is 11.8. The SMILES string of the molecule is CC(=O)/C(C(N)=O)=C(\C(C)=O)C(=O)NCC(O)O. The van der Waals surface area contributed by atoms with E-state index < -0.39 is 47.4 Å². The van der Waals surface area contributed by atoms with Crippen LogP contribution in [0.1, 0.15) is 13.8 Å². The molecule has 0 aliphatic rings. The lowest BCUT2D eigenvalue weighted by Gasteiger charge is -2.10. The summed E-state index contributed by atoms with van der Waals surface area (Å²) in [6.45, 7) is 1.41. The fraction of sp³-hybridized carbons (Fsp3) is 0.400. The van der Waals surface area contributed by atoms with Gasteiger partial charge in [-0.15, -0.1) is 0 Å². The highest BCUT2D eigenvalue weighted by molar-refractivity contribution is 6.31. The van der Waals surface area contributed by atoms with Gasteiger partial charge in [0.25, 0.3) is 11.8 Å². The molecule has 18 heavy (non-hydrogen) atoms. The van der Waals surface area contributed by atoms with Crippen molar-refractivity contribution < 1.29 is 29.4 Å². The van der Waals surface area contributed by atoms with Gasteiger partial charge >= 0.3 is 0 Å². The molecule has 2 amide bonds. The zero-order valence-corrected chi connectivity index (χ0v) is 9.89. The van der Waals surface area contributed by atoms with Crippen molar-refractivity contribution in [3.8, 4) is 0 Å². The zero-order chi connectivity index (χ0) is 14.5. The first-order chi connectivity index (χ1) is 8.18. The highest BCUT2D eigenvalue weighted by Gasteiger charge is 2.26. The van der Waals surface area contributed by atoms with Gasteiger partial charge in [-0.1, -0.05) is 0 Å². The average molecular weight is 258 g/mol. The molecule has 0 rings (SSSR count). The lowest BCUT2D eigenvalue weighted by molar-refractivity contribution is -0.126. The predicted octanol–water partition coefficient (Wildman–Crippen LogP) is -2.63. The van der Waals surface area contributed by atoms with Crippen LogP contribution in [0.5, 0.6) is 0 Å². The Morgan fingerprint density at radius 3 is 1.78 bits per heavy atom. The van der Waals surface area contributed by atoms with Crippen LogP contribution in [0.25, 0.3) is 0 Å². The maximum Gasteiger partial charge on any atom is 0.256 e. The lowest BCUT2D eigenvalue weighted by Crippen LogP contribution is -2.37. The zero-order valence-electron chi connectivity index (χ0n) is 9.89. The fourth-order valence-corrected chi connectivity index (χ4v) is 1.19. The summed E-state index contributed by atoms with van der Waals surface area (Å²) >= 11 is 0. The van der Waals surface area contributed by atoms with E-state index in [9.17, 15) is 19.2 Å². The second kappa shape index (κ2) is 6.62. The van der Waals surface area contributed by atoms with E-state index in [-0.39, 0.29) is 0 Å². The summed E-state index contributed by atoms with van der Waals surface area (Å²) in [4.78, 5) is 45.1. The molecular weight excluding hydrogens is 244 g/mol. The summed E-state index contributed by atoms with van der Waals surface area (Å²) in [6, 6.07) is 0. The van der Waals surface area contributed by atoms with E-state index in [1.165, 1.54) is 0 Å². The Labute approximate surface area is 102 Å². The number of carbonyl (C=O) groups excluding carboxylic acids is 4. The highest BCUT2D eigenvalue weighted by atomic mass is 16.5. The van der Waals surface area contributed by atoms with Crippen LogP contribution in [0, 0.1) is 0 Å². The van der Waals surface area contributed by atoms with Gasteiger partial charge in [0.2, 0.25) is 0 Å². The maximum absolute atomic E-state index is 11.6. The third-order valence-electron chi connectivity index (χ3n) is 1.87. The number of nitrogens with one attached hydrogen (secondary N) is 1. The largest absolute Gasteiger partial charge is 0.367 e. The van der Waals surface area contributed by atoms with E-state index in [1.807, 2.05) is 5.32 Å². The molecule has 0 unspecified atom stereocenters. The molecule has 0 heterocycles. The number of Topliss-reactive ketones (excluding diaryl/α,β-unsaturated/α-hetero) is 2. The molecular formula is C10H14N2O6. The first-order valence-corrected chi connectivity index (χ1v) is 4.88. The number of primary amides is 1. The number of rotatable bonds is 6. The molecule has 0 aromatic rings. The van der Waals surface area contributed by atoms with Gasteiger partial charge in [0.1, 0.15) is 0 Å². The Balaban J connectivity index is 5.47. The van der Waals surface area contributed by atoms with Crippen molar-refractivity contribution in [3.05, 3.63) is 11.1 Å². The molecule has 5 N–H and O–H groups in total. The number of amides is 2. The summed E-state index contributed by atoms with van der Waals surface area (Å²) < 4.78 is 0. The molecule has 8 nitrogen and oxygen atoms in total. The monoisotopic (exact) mass is 258 g/mol. The van der Waals surface area contributed by atoms with Gasteiger partial charge in [0, 0.05) is 0 Å². The quantitative estimate of drug-likeness (QED) is 0.177. The molecule has 0 atom stereocenters. The predicted molar refractivity (Wildman–Crippen MR) is 58.8 cm³/mol. The second-order valence-corrected chi connectivity index (χ2v) is 3.42. The third-order valence-corrected chi connectivity index (χ3v) is 1.87. The van der Waals surface area contributed by atoms with Crippen molar-refractivity contribution in [2.24, 2.45) is 5.73 Å². The second-order valence-electron chi connectivity index (χ2n) is 3.42. The topological polar surface area (TPSA) is 147 Å². The third kappa shape index (κ3) is 4.44. The first-order valence-electron chi connectivity index (χ1n) is 4.88. The molecule has 0 saturated carbocycles. The average Bonchev–Trinajstić information content (AvgIpc) is 2.20. The molecule has 100 valence electrons. The molecule has 0 aliphatic carbocycles. The molecule has 0 aliphatic heterocycles. The molecule has 0 spiro atoms. The summed E-state index contributed by atoms with van der Waals surface area (Å²) in [5, 5.41) is 19.1. The number of aliphatic hydroxyl groups is 2. The van der Waals surface area contributed by atoms with Gasteiger partial charge in [-0.05, 0) is 13.8 Å². The Bertz CT molecular complexity index is 408. The number of hydrogen-bond donors (Lipinski definition) is 4. The van der Waals surface area contributed by atoms with Gasteiger partial charge in [-0.25, -0.2) is 0 Å². The molecule has 0 fully saturated rings. The number of ketones is 2. The molecule has 0 aromatic carbocycles. The Morgan fingerprint density at radius 2 is 1.50 bits per heavy atom. The fourth-order valence-electron chi connectivity index (χ4n) is 1.19. The van der Waals surface area contributed by atoms with Crippen molar-refractivity contribution >= 4 is 23.4 Å². The number of nitrogens with two attached hydrogens (primary N) is 1. The van der Waals surface area contributed by atoms with Crippen LogP contribution in [0.2, 0.25) is 0 Å². The maximum atomic E-state index is 11.6. The minimum atomic E-state index is -1.82. The van der Waals surface area contributed by atoms with Crippen molar-refractivity contribution in [1.82, 2.24) is 5.32 Å². The summed E-state index contributed by atoms with van der Waals surface area (Å²) in [5.41, 5.74) is 3.51. The van der Waals surface area contributed by atoms with Crippen molar-refractivity contribution in [2.45, 2.75) is 20.1 Å².